The first kappa shape index (κ1) is 24.3. The third-order valence-electron chi connectivity index (χ3n) is 7.35. The Labute approximate surface area is 212 Å². The molecule has 0 aromatic heterocycles. The van der Waals surface area contributed by atoms with Gasteiger partial charge in [0.2, 0.25) is 10.0 Å². The molecule has 3 unspecified atom stereocenters. The van der Waals surface area contributed by atoms with Gasteiger partial charge in [-0.15, -0.1) is 0 Å². The van der Waals surface area contributed by atoms with Crippen LogP contribution in [0.2, 0.25) is 0 Å². The number of benzene rings is 3. The SMILES string of the molecule is CCOC(=O)C1N(S(=O)(=O)c2ccc(C)cc2)CCC12c1ccccc1NC2c1ccc(OC)cc1. The first-order valence-electron chi connectivity index (χ1n) is 12.1. The van der Waals surface area contributed by atoms with Crippen molar-refractivity contribution in [2.75, 3.05) is 25.6 Å². The van der Waals surface area contributed by atoms with Gasteiger partial charge in [0.25, 0.3) is 0 Å². The molecule has 1 fully saturated rings. The summed E-state index contributed by atoms with van der Waals surface area (Å²) in [5.41, 5.74) is 2.86. The largest absolute Gasteiger partial charge is 0.497 e. The van der Waals surface area contributed by atoms with E-state index in [0.717, 1.165) is 28.1 Å². The van der Waals surface area contributed by atoms with Crippen molar-refractivity contribution in [3.63, 3.8) is 0 Å². The molecule has 1 saturated heterocycles. The Bertz CT molecular complexity index is 1370. The van der Waals surface area contributed by atoms with Gasteiger partial charge in [-0.05, 0) is 61.7 Å². The van der Waals surface area contributed by atoms with Gasteiger partial charge in [-0.25, -0.2) is 8.42 Å². The highest BCUT2D eigenvalue weighted by molar-refractivity contribution is 7.89. The van der Waals surface area contributed by atoms with E-state index in [1.165, 1.54) is 4.31 Å². The molecule has 0 saturated carbocycles. The molecule has 2 heterocycles. The van der Waals surface area contributed by atoms with E-state index in [4.69, 9.17) is 9.47 Å². The third kappa shape index (κ3) is 3.76. The fourth-order valence-corrected chi connectivity index (χ4v) is 7.32. The lowest BCUT2D eigenvalue weighted by Gasteiger charge is -2.38. The van der Waals surface area contributed by atoms with Crippen molar-refractivity contribution in [3.8, 4) is 5.75 Å². The van der Waals surface area contributed by atoms with Crippen LogP contribution in [0.3, 0.4) is 0 Å². The van der Waals surface area contributed by atoms with Crippen molar-refractivity contribution in [2.45, 2.75) is 42.7 Å². The monoisotopic (exact) mass is 506 g/mol. The molecule has 1 N–H and O–H groups in total. The molecule has 36 heavy (non-hydrogen) atoms. The lowest BCUT2D eigenvalue weighted by molar-refractivity contribution is -0.149. The van der Waals surface area contributed by atoms with Crippen molar-refractivity contribution in [2.24, 2.45) is 0 Å². The normalized spacial score (nSPS) is 23.3. The van der Waals surface area contributed by atoms with Gasteiger partial charge in [0, 0.05) is 12.2 Å². The summed E-state index contributed by atoms with van der Waals surface area (Å²) in [7, 11) is -2.35. The number of carbonyl (C=O) groups is 1. The van der Waals surface area contributed by atoms with Crippen LogP contribution in [0.4, 0.5) is 5.69 Å². The standard InChI is InChI=1S/C28H30N2O5S/c1-4-35-27(31)26-28(17-18-30(26)36(32,33)22-15-9-19(2)10-16-22)23-7-5-6-8-24(23)29-25(28)20-11-13-21(34-3)14-12-20/h5-16,25-26,29H,4,17-18H2,1-3H3. The van der Waals surface area contributed by atoms with Crippen molar-refractivity contribution in [3.05, 3.63) is 89.5 Å². The van der Waals surface area contributed by atoms with E-state index >= 15 is 0 Å². The lowest BCUT2D eigenvalue weighted by Crippen LogP contribution is -2.52. The minimum absolute atomic E-state index is 0.159. The molecule has 188 valence electrons. The molecule has 0 radical (unpaired) electrons. The molecule has 2 aliphatic rings. The van der Waals surface area contributed by atoms with Gasteiger partial charge in [0.05, 0.1) is 30.1 Å². The summed E-state index contributed by atoms with van der Waals surface area (Å²) in [5, 5.41) is 3.60. The van der Waals surface area contributed by atoms with Crippen LogP contribution >= 0.6 is 0 Å². The minimum atomic E-state index is -3.97. The molecule has 0 aliphatic carbocycles. The number of aryl methyl sites for hydroxylation is 1. The predicted molar refractivity (Wildman–Crippen MR) is 138 cm³/mol. The highest BCUT2D eigenvalue weighted by atomic mass is 32.2. The molecule has 3 atom stereocenters. The van der Waals surface area contributed by atoms with E-state index in [-0.39, 0.29) is 24.1 Å². The Hall–Kier alpha value is -3.36. The quantitative estimate of drug-likeness (QED) is 0.498. The zero-order valence-electron chi connectivity index (χ0n) is 20.6. The van der Waals surface area contributed by atoms with Gasteiger partial charge in [0.1, 0.15) is 11.8 Å². The Morgan fingerprint density at radius 3 is 2.42 bits per heavy atom. The first-order valence-corrected chi connectivity index (χ1v) is 13.5. The predicted octanol–water partition coefficient (Wildman–Crippen LogP) is 4.43. The number of ether oxygens (including phenoxy) is 2. The Kier molecular flexibility index (Phi) is 6.26. The van der Waals surface area contributed by atoms with Gasteiger partial charge < -0.3 is 14.8 Å². The molecule has 3 aromatic rings. The molecule has 7 nitrogen and oxygen atoms in total. The number of carbonyl (C=O) groups excluding carboxylic acids is 1. The summed E-state index contributed by atoms with van der Waals surface area (Å²) in [5.74, 6) is 0.183. The fourth-order valence-electron chi connectivity index (χ4n) is 5.69. The minimum Gasteiger partial charge on any atom is -0.497 e. The van der Waals surface area contributed by atoms with Crippen LogP contribution in [-0.4, -0.2) is 45.0 Å². The number of nitrogens with one attached hydrogen (secondary N) is 1. The van der Waals surface area contributed by atoms with Crippen LogP contribution in [0.25, 0.3) is 0 Å². The number of sulfonamides is 1. The number of anilines is 1. The fraction of sp³-hybridized carbons (Fsp3) is 0.321. The van der Waals surface area contributed by atoms with Crippen LogP contribution in [-0.2, 0) is 25.0 Å². The third-order valence-corrected chi connectivity index (χ3v) is 9.23. The van der Waals surface area contributed by atoms with Crippen LogP contribution in [0.15, 0.2) is 77.7 Å². The first-order chi connectivity index (χ1) is 17.3. The molecule has 3 aromatic carbocycles. The molecule has 8 heteroatoms. The van der Waals surface area contributed by atoms with Crippen molar-refractivity contribution in [1.82, 2.24) is 4.31 Å². The van der Waals surface area contributed by atoms with Gasteiger partial charge in [-0.2, -0.15) is 4.31 Å². The van der Waals surface area contributed by atoms with Gasteiger partial charge in [-0.1, -0.05) is 48.0 Å². The Morgan fingerprint density at radius 2 is 1.75 bits per heavy atom. The number of nitrogens with zero attached hydrogens (tertiary/aromatic N) is 1. The van der Waals surface area contributed by atoms with Gasteiger partial charge >= 0.3 is 5.97 Å². The summed E-state index contributed by atoms with van der Waals surface area (Å²) in [6.45, 7) is 4.00. The van der Waals surface area contributed by atoms with E-state index < -0.39 is 27.4 Å². The maximum atomic E-state index is 13.9. The van der Waals surface area contributed by atoms with Crippen molar-refractivity contribution < 1.29 is 22.7 Å². The average molecular weight is 507 g/mol. The lowest BCUT2D eigenvalue weighted by atomic mass is 9.69. The van der Waals surface area contributed by atoms with Gasteiger partial charge in [-0.3, -0.25) is 4.79 Å². The zero-order valence-corrected chi connectivity index (χ0v) is 21.4. The number of esters is 1. The summed E-state index contributed by atoms with van der Waals surface area (Å²) in [6.07, 6.45) is 0.461. The van der Waals surface area contributed by atoms with E-state index in [2.05, 4.69) is 5.32 Å². The second-order valence-corrected chi connectivity index (χ2v) is 11.2. The van der Waals surface area contributed by atoms with Crippen LogP contribution in [0.1, 0.15) is 36.1 Å². The van der Waals surface area contributed by atoms with E-state index in [0.29, 0.717) is 6.42 Å². The Morgan fingerprint density at radius 1 is 1.06 bits per heavy atom. The maximum absolute atomic E-state index is 13.9. The molecular weight excluding hydrogens is 476 g/mol. The number of para-hydroxylation sites is 1. The highest BCUT2D eigenvalue weighted by Gasteiger charge is 2.63. The highest BCUT2D eigenvalue weighted by Crippen LogP contribution is 2.57. The molecule has 0 amide bonds. The topological polar surface area (TPSA) is 84.9 Å². The molecule has 5 rings (SSSR count). The van der Waals surface area contributed by atoms with Crippen molar-refractivity contribution >= 4 is 21.7 Å². The van der Waals surface area contributed by atoms with Gasteiger partial charge in [0.15, 0.2) is 0 Å². The molecular formula is C28H30N2O5S. The van der Waals surface area contributed by atoms with Crippen LogP contribution in [0, 0.1) is 6.92 Å². The van der Waals surface area contributed by atoms with E-state index in [1.807, 2.05) is 55.5 Å². The molecule has 2 aliphatic heterocycles. The van der Waals surface area contributed by atoms with E-state index in [1.54, 1.807) is 38.3 Å². The van der Waals surface area contributed by atoms with E-state index in [9.17, 15) is 13.2 Å². The summed E-state index contributed by atoms with van der Waals surface area (Å²) < 4.78 is 40.1. The van der Waals surface area contributed by atoms with Crippen LogP contribution < -0.4 is 10.1 Å². The smallest absolute Gasteiger partial charge is 0.325 e. The number of rotatable bonds is 6. The zero-order chi connectivity index (χ0) is 25.5. The molecule has 1 spiro atoms. The second-order valence-electron chi connectivity index (χ2n) is 9.27. The Balaban J connectivity index is 1.68. The summed E-state index contributed by atoms with van der Waals surface area (Å²) >= 11 is 0. The summed E-state index contributed by atoms with van der Waals surface area (Å²) in [4.78, 5) is 13.8. The second kappa shape index (κ2) is 9.26. The maximum Gasteiger partial charge on any atom is 0.325 e. The molecule has 0 bridgehead atoms. The summed E-state index contributed by atoms with van der Waals surface area (Å²) in [6, 6.07) is 20.9. The van der Waals surface area contributed by atoms with Crippen molar-refractivity contribution in [1.29, 1.82) is 0 Å². The van der Waals surface area contributed by atoms with Crippen LogP contribution in [0.5, 0.6) is 5.75 Å². The average Bonchev–Trinajstić information content (AvgIpc) is 3.45. The number of fused-ring (bicyclic) bond motifs is 2. The number of hydrogen-bond acceptors (Lipinski definition) is 6. The number of hydrogen-bond donors (Lipinski definition) is 1. The number of methoxy groups -OCH3 is 1.